The zero-order valence-electron chi connectivity index (χ0n) is 61.1. The fraction of sp³-hybridized carbons (Fsp3) is 0.429. The van der Waals surface area contributed by atoms with Crippen molar-refractivity contribution in [3.05, 3.63) is 246 Å². The number of nitriles is 3. The number of fused-ring (bicyclic) bond motifs is 3. The van der Waals surface area contributed by atoms with Gasteiger partial charge in [-0.05, 0) is 185 Å². The molecule has 3 saturated carbocycles. The van der Waals surface area contributed by atoms with Gasteiger partial charge in [0.1, 0.15) is 32.9 Å². The first-order valence-corrected chi connectivity index (χ1v) is 40.7. The molecule has 25 heteroatoms. The average Bonchev–Trinajstić information content (AvgIpc) is 0.777. The number of nitrogens with zero attached hydrogens (tertiary/aromatic N) is 12. The lowest BCUT2D eigenvalue weighted by Gasteiger charge is -2.37. The minimum atomic E-state index is -1.23. The molecule has 15 rings (SSSR count). The number of likely N-dealkylation sites (tertiary alicyclic amines) is 3. The average molecular weight is 1660 g/mol. The molecule has 109 heavy (non-hydrogen) atoms. The van der Waals surface area contributed by atoms with Crippen molar-refractivity contribution >= 4 is 82.1 Å². The molecule has 6 atom stereocenters. The summed E-state index contributed by atoms with van der Waals surface area (Å²) in [5.74, 6) is -1.85. The van der Waals surface area contributed by atoms with Crippen LogP contribution in [0.5, 0.6) is 0 Å². The number of aromatic carboxylic acids is 1. The van der Waals surface area contributed by atoms with Crippen molar-refractivity contribution in [2.45, 2.75) is 184 Å². The van der Waals surface area contributed by atoms with Crippen molar-refractivity contribution in [1.29, 1.82) is 15.8 Å². The highest BCUT2D eigenvalue weighted by Gasteiger charge is 2.41. The van der Waals surface area contributed by atoms with Gasteiger partial charge in [-0.3, -0.25) is 66.8 Å². The first-order chi connectivity index (χ1) is 52.9. The molecule has 0 bridgehead atoms. The molecular formula is C84H92Br3N15O7. The van der Waals surface area contributed by atoms with Crippen LogP contribution in [0.3, 0.4) is 0 Å². The summed E-state index contributed by atoms with van der Waals surface area (Å²) < 4.78 is 4.54. The van der Waals surface area contributed by atoms with Gasteiger partial charge in [0.15, 0.2) is 0 Å². The van der Waals surface area contributed by atoms with Gasteiger partial charge in [-0.1, -0.05) is 123 Å². The molecule has 9 aromatic heterocycles. The lowest BCUT2D eigenvalue weighted by molar-refractivity contribution is 0.0693. The normalized spacial score (nSPS) is 21.9. The fourth-order valence-corrected chi connectivity index (χ4v) is 18.2. The van der Waals surface area contributed by atoms with E-state index in [1.165, 1.54) is 36.2 Å². The van der Waals surface area contributed by atoms with Crippen LogP contribution in [0.15, 0.2) is 179 Å². The topological polar surface area (TPSA) is 306 Å². The maximum absolute atomic E-state index is 13.3. The lowest BCUT2D eigenvalue weighted by Crippen LogP contribution is -2.44. The van der Waals surface area contributed by atoms with Gasteiger partial charge in [0.25, 0.3) is 28.5 Å². The number of alkyl halides is 3. The monoisotopic (exact) mass is 1660 g/mol. The number of carboxylic acid groups (broad SMARTS) is 1. The van der Waals surface area contributed by atoms with Crippen molar-refractivity contribution in [3.8, 4) is 18.2 Å². The third-order valence-corrected chi connectivity index (χ3v) is 26.1. The maximum atomic E-state index is 13.3. The van der Waals surface area contributed by atoms with Crippen LogP contribution >= 0.6 is 47.8 Å². The number of hydrogen-bond acceptors (Lipinski definition) is 16. The minimum absolute atomic E-state index is 0.0263. The van der Waals surface area contributed by atoms with E-state index in [1.807, 2.05) is 103 Å². The van der Waals surface area contributed by atoms with E-state index in [1.54, 1.807) is 64.2 Å². The zero-order chi connectivity index (χ0) is 76.7. The summed E-state index contributed by atoms with van der Waals surface area (Å²) in [6, 6.07) is 46.8. The van der Waals surface area contributed by atoms with Gasteiger partial charge in [0.2, 0.25) is 0 Å². The van der Waals surface area contributed by atoms with Crippen molar-refractivity contribution < 1.29 is 19.5 Å². The summed E-state index contributed by atoms with van der Waals surface area (Å²) in [5, 5.41) is 45.4. The molecule has 566 valence electrons. The van der Waals surface area contributed by atoms with Crippen LogP contribution in [0.2, 0.25) is 0 Å². The second kappa shape index (κ2) is 36.6. The Labute approximate surface area is 659 Å². The third-order valence-electron chi connectivity index (χ3n) is 22.7. The highest BCUT2D eigenvalue weighted by molar-refractivity contribution is 9.10. The number of nitrogens with two attached hydrogens (primary N) is 1. The number of pyridine rings is 9. The maximum Gasteiger partial charge on any atom is 0.341 e. The van der Waals surface area contributed by atoms with Gasteiger partial charge in [0.05, 0.1) is 51.8 Å². The Hall–Kier alpha value is -9.10. The SMILES string of the molecule is N#CC1(c2ccccn2)CCN(Cc2cc(C(=O)N[C@H]3CCCC[C@@H]3Br)c(=O)n3ccccc23)CC1.N#CC1(c2ccccn2)CCN(Cc2cc(C(=O)N[C@H]3CCCC[C@@H]3Br)c(=O)n3ccccc23)CC1.N#CC1(c2ccccn2)CCN(Cc2cc(C(=O)O)c(=O)n3ccccc23)CC1.N[C@H]1CCCC[C@@H]1Br. The van der Waals surface area contributed by atoms with Gasteiger partial charge >= 0.3 is 5.97 Å². The Kier molecular flexibility index (Phi) is 26.7. The number of amides is 2. The predicted octanol–water partition coefficient (Wildman–Crippen LogP) is 12.5. The van der Waals surface area contributed by atoms with E-state index in [2.05, 4.69) is 106 Å². The zero-order valence-corrected chi connectivity index (χ0v) is 65.9. The van der Waals surface area contributed by atoms with Gasteiger partial charge < -0.3 is 21.5 Å². The number of nitrogens with one attached hydrogen (secondary N) is 2. The molecule has 22 nitrogen and oxygen atoms in total. The molecule has 3 aliphatic carbocycles. The first kappa shape index (κ1) is 79.5. The largest absolute Gasteiger partial charge is 0.477 e. The van der Waals surface area contributed by atoms with Crippen molar-refractivity contribution in [3.63, 3.8) is 0 Å². The van der Waals surface area contributed by atoms with E-state index >= 15 is 0 Å². The van der Waals surface area contributed by atoms with Crippen LogP contribution < -0.4 is 33.0 Å². The van der Waals surface area contributed by atoms with E-state index in [4.69, 9.17) is 5.73 Å². The molecule has 6 fully saturated rings. The number of aromatic nitrogens is 6. The lowest BCUT2D eigenvalue weighted by atomic mass is 9.76. The summed E-state index contributed by atoms with van der Waals surface area (Å²) in [5.41, 5.74) is 10.4. The molecule has 2 amide bonds. The highest BCUT2D eigenvalue weighted by atomic mass is 79.9. The molecule has 0 aromatic carbocycles. The standard InChI is InChI=1S/2C28H30BrN5O2.C22H20N4O3.C6H12BrN/c2*29-22-7-1-2-8-23(22)32-26(35)21-17-20(24-9-4-6-14-34(24)27(21)36)18-33-15-11-28(19-30,12-16-33)25-10-3-5-13-31-25;23-15-22(19-6-1-3-9-24-19)7-11-25(12-8-22)14-16-13-17(21(28)29)20(27)26-10-4-2-5-18(16)26;7-5-3-1-2-4-6(5)8/h2*3-6,9-10,13-14,17,22-23H,1-2,7-8,11-12,15-16,18H2,(H,32,35);1-6,9-10,13H,7-8,11-12,14H2,(H,28,29);5-6H,1-4,8H2/t2*22-,23-;;5-,6-/m00.0/s1. The van der Waals surface area contributed by atoms with Crippen molar-refractivity contribution in [1.82, 2.24) is 53.5 Å². The van der Waals surface area contributed by atoms with Crippen molar-refractivity contribution in [2.75, 3.05) is 39.3 Å². The van der Waals surface area contributed by atoms with Gasteiger partial charge in [-0.15, -0.1) is 0 Å². The molecule has 0 spiro atoms. The van der Waals surface area contributed by atoms with Gasteiger partial charge in [0, 0.05) is 129 Å². The number of piperidine rings is 3. The predicted molar refractivity (Wildman–Crippen MR) is 430 cm³/mol. The number of rotatable bonds is 14. The molecular weight excluding hydrogens is 1570 g/mol. The van der Waals surface area contributed by atoms with E-state index in [0.717, 1.165) is 122 Å². The number of carboxylic acids is 1. The second-order valence-electron chi connectivity index (χ2n) is 29.6. The van der Waals surface area contributed by atoms with Gasteiger partial charge in [-0.2, -0.15) is 15.8 Å². The Balaban J connectivity index is 0.000000145. The molecule has 0 unspecified atom stereocenters. The Morgan fingerprint density at radius 3 is 1.03 bits per heavy atom. The van der Waals surface area contributed by atoms with Crippen LogP contribution in [-0.2, 0) is 35.9 Å². The number of carbonyl (C=O) groups is 3. The van der Waals surface area contributed by atoms with Crippen molar-refractivity contribution in [2.24, 2.45) is 5.73 Å². The Bertz CT molecular complexity index is 4780. The highest BCUT2D eigenvalue weighted by Crippen LogP contribution is 2.38. The molecule has 12 heterocycles. The van der Waals surface area contributed by atoms with Crippen LogP contribution in [0, 0.1) is 34.0 Å². The number of hydrogen-bond donors (Lipinski definition) is 4. The van der Waals surface area contributed by atoms with E-state index in [-0.39, 0.29) is 61.4 Å². The molecule has 3 aliphatic heterocycles. The van der Waals surface area contributed by atoms with E-state index in [9.17, 15) is 49.7 Å². The summed E-state index contributed by atoms with van der Waals surface area (Å²) in [4.78, 5) is 98.1. The second-order valence-corrected chi connectivity index (χ2v) is 33.1. The summed E-state index contributed by atoms with van der Waals surface area (Å²) in [7, 11) is 0. The van der Waals surface area contributed by atoms with Crippen LogP contribution in [0.1, 0.15) is 180 Å². The number of carbonyl (C=O) groups excluding carboxylic acids is 2. The van der Waals surface area contributed by atoms with Crippen LogP contribution in [0.25, 0.3) is 16.6 Å². The molecule has 6 aliphatic rings. The molecule has 3 saturated heterocycles. The van der Waals surface area contributed by atoms with Gasteiger partial charge in [-0.25, -0.2) is 4.79 Å². The molecule has 0 radical (unpaired) electrons. The summed E-state index contributed by atoms with van der Waals surface area (Å²) in [6.07, 6.45) is 27.7. The first-order valence-electron chi connectivity index (χ1n) is 37.9. The Morgan fingerprint density at radius 2 is 0.743 bits per heavy atom. The molecule has 5 N–H and O–H groups in total. The summed E-state index contributed by atoms with van der Waals surface area (Å²) >= 11 is 10.9. The number of halogens is 3. The van der Waals surface area contributed by atoms with E-state index in [0.29, 0.717) is 87.6 Å². The smallest absolute Gasteiger partial charge is 0.341 e. The third kappa shape index (κ3) is 18.5. The van der Waals surface area contributed by atoms with Crippen LogP contribution in [-0.4, -0.2) is 138 Å². The minimum Gasteiger partial charge on any atom is -0.477 e. The molecule has 9 aromatic rings. The Morgan fingerprint density at radius 1 is 0.440 bits per heavy atom. The fourth-order valence-electron chi connectivity index (χ4n) is 16.1. The quantitative estimate of drug-likeness (QED) is 0.0735. The van der Waals surface area contributed by atoms with Crippen LogP contribution in [0.4, 0.5) is 0 Å². The summed E-state index contributed by atoms with van der Waals surface area (Å²) in [6.45, 7) is 6.01. The van der Waals surface area contributed by atoms with E-state index < -0.39 is 27.8 Å².